The van der Waals surface area contributed by atoms with Crippen LogP contribution in [0.25, 0.3) is 5.57 Å². The number of aliphatic carboxylic acids is 1. The molecule has 1 aromatic rings. The summed E-state index contributed by atoms with van der Waals surface area (Å²) in [4.78, 5) is 19.2. The topological polar surface area (TPSA) is 83.8 Å². The molecule has 0 aromatic heterocycles. The summed E-state index contributed by atoms with van der Waals surface area (Å²) in [5.41, 5.74) is 0.231. The molecule has 1 aromatic carbocycles. The lowest BCUT2D eigenvalue weighted by molar-refractivity contribution is -0.130. The fourth-order valence-electron chi connectivity index (χ4n) is 0.957. The second kappa shape index (κ2) is 5.24. The van der Waals surface area contributed by atoms with E-state index in [2.05, 4.69) is 4.52 Å². The third-order valence-corrected chi connectivity index (χ3v) is 1.86. The number of carboxylic acid groups (broad SMARTS) is 1. The summed E-state index contributed by atoms with van der Waals surface area (Å²) in [5, 5.41) is 8.81. The van der Waals surface area contributed by atoms with Gasteiger partial charge < -0.3 is 5.11 Å². The number of hydrogen-bond acceptors (Lipinski definition) is 3. The van der Waals surface area contributed by atoms with Crippen LogP contribution >= 0.6 is 8.25 Å². The minimum absolute atomic E-state index is 0.173. The molecule has 0 heterocycles. The van der Waals surface area contributed by atoms with E-state index in [1.807, 2.05) is 0 Å². The third kappa shape index (κ3) is 3.50. The van der Waals surface area contributed by atoms with Crippen LogP contribution in [-0.2, 0) is 13.9 Å². The lowest BCUT2D eigenvalue weighted by Crippen LogP contribution is -1.99. The first-order valence-electron chi connectivity index (χ1n) is 3.93. The van der Waals surface area contributed by atoms with Gasteiger partial charge in [-0.25, -0.2) is 9.32 Å². The normalized spacial score (nSPS) is 12.1. The van der Waals surface area contributed by atoms with Crippen molar-refractivity contribution in [3.63, 3.8) is 0 Å². The van der Waals surface area contributed by atoms with Gasteiger partial charge in [-0.3, -0.25) is 0 Å². The van der Waals surface area contributed by atoms with Crippen molar-refractivity contribution in [3.8, 4) is 0 Å². The zero-order chi connectivity index (χ0) is 11.3. The van der Waals surface area contributed by atoms with Crippen LogP contribution in [0.4, 0.5) is 0 Å². The Hall–Kier alpha value is -1.71. The van der Waals surface area contributed by atoms with Crippen molar-refractivity contribution < 1.29 is 23.9 Å². The molecule has 15 heavy (non-hydrogen) atoms. The molecule has 0 spiro atoms. The van der Waals surface area contributed by atoms with Crippen molar-refractivity contribution in [2.45, 2.75) is 0 Å². The van der Waals surface area contributed by atoms with E-state index in [1.165, 1.54) is 0 Å². The van der Waals surface area contributed by atoms with Crippen molar-refractivity contribution in [2.75, 3.05) is 0 Å². The fourth-order valence-corrected chi connectivity index (χ4v) is 1.15. The molecule has 0 aliphatic carbocycles. The minimum Gasteiger partial charge on any atom is -0.478 e. The van der Waals surface area contributed by atoms with Crippen LogP contribution in [0.2, 0.25) is 0 Å². The smallest absolute Gasteiger partial charge is 0.478 e. The first kappa shape index (κ1) is 11.4. The second-order valence-corrected chi connectivity index (χ2v) is 3.23. The third-order valence-electron chi connectivity index (χ3n) is 1.58. The Balaban J connectivity index is 2.99. The molecular formula is C9H8O5P+. The van der Waals surface area contributed by atoms with Gasteiger partial charge in [0.15, 0.2) is 6.26 Å². The molecule has 0 saturated carbocycles. The molecular weight excluding hydrogens is 219 g/mol. The average Bonchev–Trinajstić information content (AvgIpc) is 2.18. The van der Waals surface area contributed by atoms with Crippen LogP contribution in [-0.4, -0.2) is 16.0 Å². The first-order valence-corrected chi connectivity index (χ1v) is 5.06. The summed E-state index contributed by atoms with van der Waals surface area (Å²) >= 11 is 0. The van der Waals surface area contributed by atoms with E-state index in [-0.39, 0.29) is 5.57 Å². The molecule has 6 heteroatoms. The van der Waals surface area contributed by atoms with Crippen LogP contribution < -0.4 is 0 Å². The van der Waals surface area contributed by atoms with Crippen LogP contribution in [0.5, 0.6) is 0 Å². The van der Waals surface area contributed by atoms with Gasteiger partial charge >= 0.3 is 14.2 Å². The SMILES string of the molecule is O=C(O)/C(=C\O[P+](=O)O)c1ccccc1. The Labute approximate surface area is 86.6 Å². The molecule has 0 saturated heterocycles. The predicted molar refractivity (Wildman–Crippen MR) is 53.0 cm³/mol. The molecule has 0 aliphatic heterocycles. The summed E-state index contributed by atoms with van der Waals surface area (Å²) in [6.07, 6.45) is 0.760. The van der Waals surface area contributed by atoms with Crippen LogP contribution in [0.15, 0.2) is 36.6 Å². The maximum atomic E-state index is 10.8. The minimum atomic E-state index is -2.84. The highest BCUT2D eigenvalue weighted by atomic mass is 31.1. The Morgan fingerprint density at radius 3 is 2.40 bits per heavy atom. The van der Waals surface area contributed by atoms with Gasteiger partial charge in [0.05, 0.1) is 0 Å². The molecule has 0 bridgehead atoms. The number of carboxylic acids is 1. The van der Waals surface area contributed by atoms with Gasteiger partial charge in [-0.15, -0.1) is 4.89 Å². The quantitative estimate of drug-likeness (QED) is 0.465. The lowest BCUT2D eigenvalue weighted by Gasteiger charge is -1.98. The van der Waals surface area contributed by atoms with Gasteiger partial charge in [-0.05, 0) is 5.56 Å². The second-order valence-electron chi connectivity index (χ2n) is 2.55. The standard InChI is InChI=1S/C9H7O5P/c10-9(11)8(6-14-15(12)13)7-4-2-1-3-5-7/h1-6H,(H-,10,11,12,13)/p+1/b8-6-. The molecule has 5 nitrogen and oxygen atoms in total. The van der Waals surface area contributed by atoms with E-state index >= 15 is 0 Å². The van der Waals surface area contributed by atoms with Gasteiger partial charge in [-0.2, -0.15) is 0 Å². The fraction of sp³-hybridized carbons (Fsp3) is 0. The zero-order valence-electron chi connectivity index (χ0n) is 7.53. The van der Waals surface area contributed by atoms with E-state index in [9.17, 15) is 9.36 Å². The van der Waals surface area contributed by atoms with E-state index in [4.69, 9.17) is 10.00 Å². The predicted octanol–water partition coefficient (Wildman–Crippen LogP) is 1.78. The number of carbonyl (C=O) groups is 1. The number of rotatable bonds is 4. The Bertz CT molecular complexity index is 398. The summed E-state index contributed by atoms with van der Waals surface area (Å²) in [7, 11) is -2.84. The van der Waals surface area contributed by atoms with Crippen molar-refractivity contribution in [2.24, 2.45) is 0 Å². The highest BCUT2D eigenvalue weighted by Crippen LogP contribution is 2.20. The average molecular weight is 227 g/mol. The van der Waals surface area contributed by atoms with E-state index in [1.54, 1.807) is 30.3 Å². The molecule has 78 valence electrons. The van der Waals surface area contributed by atoms with Crippen LogP contribution in [0.3, 0.4) is 0 Å². The Morgan fingerprint density at radius 1 is 1.33 bits per heavy atom. The molecule has 0 aliphatic rings. The van der Waals surface area contributed by atoms with Gasteiger partial charge in [0, 0.05) is 4.57 Å². The van der Waals surface area contributed by atoms with Gasteiger partial charge in [0.25, 0.3) is 0 Å². The van der Waals surface area contributed by atoms with E-state index < -0.39 is 14.2 Å². The van der Waals surface area contributed by atoms with Crippen LogP contribution in [0, 0.1) is 0 Å². The van der Waals surface area contributed by atoms with Crippen LogP contribution in [0.1, 0.15) is 5.56 Å². The monoisotopic (exact) mass is 227 g/mol. The molecule has 0 fully saturated rings. The van der Waals surface area contributed by atoms with Crippen molar-refractivity contribution in [1.82, 2.24) is 0 Å². The van der Waals surface area contributed by atoms with Gasteiger partial charge in [-0.1, -0.05) is 30.3 Å². The Morgan fingerprint density at radius 2 is 1.93 bits per heavy atom. The highest BCUT2D eigenvalue weighted by molar-refractivity contribution is 7.32. The largest absolute Gasteiger partial charge is 0.746 e. The van der Waals surface area contributed by atoms with Crippen molar-refractivity contribution >= 4 is 19.8 Å². The lowest BCUT2D eigenvalue weighted by atomic mass is 10.1. The summed E-state index contributed by atoms with van der Waals surface area (Å²) in [6.45, 7) is 0. The molecule has 1 unspecified atom stereocenters. The highest BCUT2D eigenvalue weighted by Gasteiger charge is 2.15. The molecule has 0 radical (unpaired) electrons. The molecule has 2 N–H and O–H groups in total. The molecule has 0 amide bonds. The van der Waals surface area contributed by atoms with Crippen molar-refractivity contribution in [3.05, 3.63) is 42.2 Å². The van der Waals surface area contributed by atoms with Crippen molar-refractivity contribution in [1.29, 1.82) is 0 Å². The zero-order valence-corrected chi connectivity index (χ0v) is 8.42. The number of benzene rings is 1. The first-order chi connectivity index (χ1) is 7.11. The van der Waals surface area contributed by atoms with Gasteiger partial charge in [0.1, 0.15) is 5.57 Å². The van der Waals surface area contributed by atoms with E-state index in [0.29, 0.717) is 5.56 Å². The van der Waals surface area contributed by atoms with E-state index in [0.717, 1.165) is 6.26 Å². The summed E-state index contributed by atoms with van der Waals surface area (Å²) < 4.78 is 14.5. The summed E-state index contributed by atoms with van der Waals surface area (Å²) in [6, 6.07) is 8.17. The molecule has 1 atom stereocenters. The maximum absolute atomic E-state index is 10.8. The maximum Gasteiger partial charge on any atom is 0.746 e. The number of hydrogen-bond donors (Lipinski definition) is 2. The Kier molecular flexibility index (Phi) is 3.97. The van der Waals surface area contributed by atoms with Gasteiger partial charge in [0.2, 0.25) is 0 Å². The summed E-state index contributed by atoms with van der Waals surface area (Å²) in [5.74, 6) is -1.22. The molecule has 1 rings (SSSR count).